The molecular weight excluding hydrogens is 733 g/mol. The summed E-state index contributed by atoms with van der Waals surface area (Å²) in [5, 5.41) is 65.5. The van der Waals surface area contributed by atoms with Crippen LogP contribution >= 0.6 is 34.9 Å². The van der Waals surface area contributed by atoms with Crippen LogP contribution in [0.25, 0.3) is 11.3 Å². The molecular formula is C30H24N6O12S3. The summed E-state index contributed by atoms with van der Waals surface area (Å²) in [5.41, 5.74) is 5.54. The van der Waals surface area contributed by atoms with Crippen LogP contribution in [0.1, 0.15) is 17.4 Å². The third kappa shape index (κ3) is 7.07. The molecule has 4 aromatic rings. The number of nitrogens with two attached hydrogens (primary N) is 1. The lowest BCUT2D eigenvalue weighted by atomic mass is 10.0. The summed E-state index contributed by atoms with van der Waals surface area (Å²) < 4.78 is 5.71. The highest BCUT2D eigenvalue weighted by Crippen LogP contribution is 2.42. The lowest BCUT2D eigenvalue weighted by Crippen LogP contribution is -2.71. The molecule has 0 radical (unpaired) electrons. The number of carbonyl (C=O) groups is 4. The van der Waals surface area contributed by atoms with Crippen molar-refractivity contribution in [1.82, 2.24) is 20.2 Å². The highest BCUT2D eigenvalue weighted by atomic mass is 32.2. The summed E-state index contributed by atoms with van der Waals surface area (Å²) in [5.74, 6) is -5.87. The molecule has 9 N–H and O–H groups in total. The third-order valence-electron chi connectivity index (χ3n) is 7.41. The van der Waals surface area contributed by atoms with E-state index in [1.807, 2.05) is 0 Å². The van der Waals surface area contributed by atoms with Crippen molar-refractivity contribution in [2.75, 3.05) is 17.2 Å². The molecule has 0 saturated carbocycles. The molecule has 0 aliphatic carbocycles. The van der Waals surface area contributed by atoms with E-state index in [-0.39, 0.29) is 50.3 Å². The van der Waals surface area contributed by atoms with Crippen LogP contribution in [-0.4, -0.2) is 97.9 Å². The van der Waals surface area contributed by atoms with Crippen molar-refractivity contribution < 1.29 is 59.1 Å². The Morgan fingerprint density at radius 1 is 1.10 bits per heavy atom. The molecule has 18 nitrogen and oxygen atoms in total. The molecule has 2 aromatic carbocycles. The fraction of sp³-hybridized carbons (Fsp3) is 0.167. The number of β-lactam (4-membered cyclic amide) rings is 1. The number of phenolic OH excluding ortho intramolecular Hbond substituents is 4. The van der Waals surface area contributed by atoms with Crippen molar-refractivity contribution in [3.63, 3.8) is 0 Å². The van der Waals surface area contributed by atoms with E-state index in [0.717, 1.165) is 40.1 Å². The highest BCUT2D eigenvalue weighted by molar-refractivity contribution is 8.01. The predicted molar refractivity (Wildman–Crippen MR) is 180 cm³/mol. The summed E-state index contributed by atoms with van der Waals surface area (Å²) in [7, 11) is 0. The van der Waals surface area contributed by atoms with Gasteiger partial charge < -0.3 is 50.9 Å². The number of hydrogen-bond acceptors (Lipinski definition) is 17. The van der Waals surface area contributed by atoms with Gasteiger partial charge in [0.2, 0.25) is 6.10 Å². The van der Waals surface area contributed by atoms with Gasteiger partial charge in [0.05, 0.1) is 6.20 Å². The topological polar surface area (TPSA) is 291 Å². The number of aromatic nitrogens is 2. The van der Waals surface area contributed by atoms with E-state index < -0.39 is 58.5 Å². The molecule has 4 heterocycles. The number of thiazole rings is 1. The van der Waals surface area contributed by atoms with Gasteiger partial charge in [-0.15, -0.1) is 23.1 Å². The largest absolute Gasteiger partial charge is 0.504 e. The lowest BCUT2D eigenvalue weighted by Gasteiger charge is -2.49. The zero-order valence-corrected chi connectivity index (χ0v) is 27.9. The Hall–Kier alpha value is -5.93. The number of phenols is 4. The highest BCUT2D eigenvalue weighted by Gasteiger charge is 2.54. The van der Waals surface area contributed by atoms with E-state index in [1.54, 1.807) is 0 Å². The normalized spacial score (nSPS) is 17.8. The predicted octanol–water partition coefficient (Wildman–Crippen LogP) is 2.28. The molecule has 2 aliphatic rings. The van der Waals surface area contributed by atoms with Gasteiger partial charge >= 0.3 is 11.9 Å². The van der Waals surface area contributed by atoms with Gasteiger partial charge in [0.25, 0.3) is 17.0 Å². The number of rotatable bonds is 12. The van der Waals surface area contributed by atoms with Crippen molar-refractivity contribution in [3.8, 4) is 34.3 Å². The number of carboxylic acid groups (broad SMARTS) is 2. The van der Waals surface area contributed by atoms with E-state index in [9.17, 15) is 49.8 Å². The first kappa shape index (κ1) is 34.9. The summed E-state index contributed by atoms with van der Waals surface area (Å²) in [6, 6.07) is 6.05. The van der Waals surface area contributed by atoms with Gasteiger partial charge in [-0.25, -0.2) is 19.6 Å². The van der Waals surface area contributed by atoms with Gasteiger partial charge in [0.1, 0.15) is 22.8 Å². The zero-order valence-electron chi connectivity index (χ0n) is 25.5. The SMILES string of the molecule is Nc1nc(C(=NOC(C(=O)O)c2ccc(O)c(O)c2)C(=O)N[C@@H]2C(=O)N3C(C(=O)O)=C(CSc4ncc(-c5ccc(O)c(O)c5)o4)CS[C@H]23)cs1. The Morgan fingerprint density at radius 2 is 1.82 bits per heavy atom. The average Bonchev–Trinajstić information content (AvgIpc) is 3.75. The van der Waals surface area contributed by atoms with Crippen molar-refractivity contribution in [2.24, 2.45) is 5.16 Å². The minimum Gasteiger partial charge on any atom is -0.504 e. The maximum atomic E-state index is 13.5. The number of hydrogen-bond donors (Lipinski definition) is 8. The molecule has 2 aliphatic heterocycles. The minimum atomic E-state index is -1.84. The van der Waals surface area contributed by atoms with Crippen LogP contribution in [-0.2, 0) is 24.0 Å². The van der Waals surface area contributed by atoms with Crippen molar-refractivity contribution >= 4 is 69.5 Å². The fourth-order valence-corrected chi connectivity index (χ4v) is 7.78. The number of oxime groups is 1. The summed E-state index contributed by atoms with van der Waals surface area (Å²) in [6.45, 7) is 0. The van der Waals surface area contributed by atoms with Crippen LogP contribution < -0.4 is 11.1 Å². The standard InChI is InChI=1S/C30H24N6O12S3/c31-29-33-14(10-50-29)20(35-48-23(28(45)46)12-2-4-16(38)18(40)6-12)24(41)34-21-25(42)36-22(27(43)44)13(8-49-26(21)36)9-51-30-32-7-19(47-30)11-1-3-15(37)17(39)5-11/h1-7,10,21,23,26,37-40H,8-9H2,(H2,31,33)(H,34,41)(H,43,44)(H,45,46)/t21-,23?,26-/m1/s1. The first-order valence-corrected chi connectivity index (χ1v) is 17.3. The molecule has 264 valence electrons. The van der Waals surface area contributed by atoms with Crippen LogP contribution in [0.3, 0.4) is 0 Å². The van der Waals surface area contributed by atoms with Gasteiger partial charge in [0.15, 0.2) is 39.6 Å². The van der Waals surface area contributed by atoms with Crippen LogP contribution in [0.4, 0.5) is 5.13 Å². The van der Waals surface area contributed by atoms with E-state index in [4.69, 9.17) is 15.0 Å². The first-order chi connectivity index (χ1) is 24.3. The number of oxazole rings is 1. The molecule has 1 fully saturated rings. The number of aliphatic carboxylic acids is 2. The van der Waals surface area contributed by atoms with Gasteiger partial charge in [-0.2, -0.15) is 0 Å². The van der Waals surface area contributed by atoms with Gasteiger partial charge in [-0.3, -0.25) is 14.5 Å². The van der Waals surface area contributed by atoms with Crippen LogP contribution in [0.15, 0.2) is 74.0 Å². The number of nitrogen functional groups attached to an aromatic ring is 1. The molecule has 3 atom stereocenters. The van der Waals surface area contributed by atoms with E-state index in [1.165, 1.54) is 47.6 Å². The number of aromatic hydroxyl groups is 4. The van der Waals surface area contributed by atoms with Crippen LogP contribution in [0.2, 0.25) is 0 Å². The smallest absolute Gasteiger partial charge is 0.352 e. The number of nitrogens with zero attached hydrogens (tertiary/aromatic N) is 4. The number of fused-ring (bicyclic) bond motifs is 1. The van der Waals surface area contributed by atoms with Gasteiger partial charge in [-0.05, 0) is 35.9 Å². The van der Waals surface area contributed by atoms with Gasteiger partial charge in [0, 0.05) is 28.0 Å². The zero-order chi connectivity index (χ0) is 36.6. The lowest BCUT2D eigenvalue weighted by molar-refractivity contribution is -0.151. The molecule has 1 unspecified atom stereocenters. The molecule has 1 saturated heterocycles. The Morgan fingerprint density at radius 3 is 2.47 bits per heavy atom. The van der Waals surface area contributed by atoms with E-state index >= 15 is 0 Å². The number of benzene rings is 2. The first-order valence-electron chi connectivity index (χ1n) is 14.3. The quantitative estimate of drug-likeness (QED) is 0.0338. The van der Waals surface area contributed by atoms with Gasteiger partial charge in [-0.1, -0.05) is 23.0 Å². The third-order valence-corrected chi connectivity index (χ3v) is 10.3. The number of thioether (sulfide) groups is 2. The Labute approximate surface area is 297 Å². The summed E-state index contributed by atoms with van der Waals surface area (Å²) in [4.78, 5) is 65.6. The molecule has 0 bridgehead atoms. The Balaban J connectivity index is 1.17. The second-order valence-corrected chi connectivity index (χ2v) is 13.6. The number of amides is 2. The maximum Gasteiger partial charge on any atom is 0.352 e. The second-order valence-electron chi connectivity index (χ2n) is 10.7. The molecule has 2 amide bonds. The fourth-order valence-electron chi connectivity index (χ4n) is 4.95. The maximum absolute atomic E-state index is 13.5. The van der Waals surface area contributed by atoms with Crippen molar-refractivity contribution in [3.05, 3.63) is 70.5 Å². The summed E-state index contributed by atoms with van der Waals surface area (Å²) >= 11 is 3.22. The molecule has 0 spiro atoms. The molecule has 21 heteroatoms. The van der Waals surface area contributed by atoms with Crippen LogP contribution in [0.5, 0.6) is 23.0 Å². The number of carboxylic acids is 2. The monoisotopic (exact) mass is 756 g/mol. The minimum absolute atomic E-state index is 0.0414. The van der Waals surface area contributed by atoms with E-state index in [0.29, 0.717) is 16.9 Å². The van der Waals surface area contributed by atoms with E-state index in [2.05, 4.69) is 20.4 Å². The van der Waals surface area contributed by atoms with Crippen molar-refractivity contribution in [1.29, 1.82) is 0 Å². The van der Waals surface area contributed by atoms with Crippen LogP contribution in [0, 0.1) is 0 Å². The number of carbonyl (C=O) groups excluding carboxylic acids is 2. The molecule has 6 rings (SSSR count). The molecule has 51 heavy (non-hydrogen) atoms. The average molecular weight is 757 g/mol. The second kappa shape index (κ2) is 14.1. The molecule has 2 aromatic heterocycles. The van der Waals surface area contributed by atoms with Crippen molar-refractivity contribution in [2.45, 2.75) is 22.7 Å². The Kier molecular flexibility index (Phi) is 9.67. The number of anilines is 1. The Bertz CT molecular complexity index is 2130. The summed E-state index contributed by atoms with van der Waals surface area (Å²) in [6.07, 6.45) is -0.435. The number of nitrogens with one attached hydrogen (secondary N) is 1.